The number of hydrogen-bond acceptors (Lipinski definition) is 5. The summed E-state index contributed by atoms with van der Waals surface area (Å²) in [6, 6.07) is 1.85. The molecule has 1 heterocycles. The van der Waals surface area contributed by atoms with Crippen molar-refractivity contribution in [2.75, 3.05) is 24.2 Å². The molecule has 1 aromatic heterocycles. The quantitative estimate of drug-likeness (QED) is 0.605. The van der Waals surface area contributed by atoms with E-state index in [2.05, 4.69) is 9.69 Å². The van der Waals surface area contributed by atoms with Crippen LogP contribution in [0.2, 0.25) is 0 Å². The molecule has 5 heteroatoms. The molecule has 1 aromatic rings. The summed E-state index contributed by atoms with van der Waals surface area (Å²) in [4.78, 5) is 0. The van der Waals surface area contributed by atoms with Gasteiger partial charge in [-0.15, -0.1) is 0 Å². The number of hydrogen-bond donors (Lipinski definition) is 3. The highest BCUT2D eigenvalue weighted by atomic mass is 32.1. The Morgan fingerprint density at radius 1 is 1.36 bits per heavy atom. The van der Waals surface area contributed by atoms with E-state index in [1.165, 1.54) is 11.5 Å². The molecular weight excluding hydrogens is 198 g/mol. The zero-order chi connectivity index (χ0) is 10.2. The van der Waals surface area contributed by atoms with E-state index in [1.54, 1.807) is 0 Å². The lowest BCUT2D eigenvalue weighted by atomic mass is 10.2. The summed E-state index contributed by atoms with van der Waals surface area (Å²) in [5.74, 6) is 0.581. The summed E-state index contributed by atoms with van der Waals surface area (Å²) >= 11 is 1.39. The third kappa shape index (κ3) is 4.43. The van der Waals surface area contributed by atoms with Crippen molar-refractivity contribution in [1.29, 1.82) is 0 Å². The third-order valence-corrected chi connectivity index (χ3v) is 2.67. The molecule has 0 aliphatic rings. The van der Waals surface area contributed by atoms with Crippen LogP contribution in [0, 0.1) is 0 Å². The van der Waals surface area contributed by atoms with Crippen molar-refractivity contribution in [3.05, 3.63) is 6.07 Å². The first kappa shape index (κ1) is 11.3. The lowest BCUT2D eigenvalue weighted by Crippen LogP contribution is -1.99. The van der Waals surface area contributed by atoms with Gasteiger partial charge in [-0.05, 0) is 24.4 Å². The number of nitrogens with two attached hydrogens (primary N) is 1. The van der Waals surface area contributed by atoms with E-state index in [0.717, 1.165) is 37.2 Å². The molecule has 0 saturated heterocycles. The van der Waals surface area contributed by atoms with Crippen LogP contribution in [0.15, 0.2) is 6.07 Å². The molecule has 0 aromatic carbocycles. The maximum Gasteiger partial charge on any atom is 0.139 e. The van der Waals surface area contributed by atoms with Crippen LogP contribution in [0.5, 0.6) is 0 Å². The molecule has 4 nitrogen and oxygen atoms in total. The van der Waals surface area contributed by atoms with Crippen LogP contribution in [0.25, 0.3) is 0 Å². The number of rotatable bonds is 7. The van der Waals surface area contributed by atoms with Crippen molar-refractivity contribution < 1.29 is 5.11 Å². The van der Waals surface area contributed by atoms with Gasteiger partial charge in [0.25, 0.3) is 0 Å². The number of anilines is 2. The Hall–Kier alpha value is -0.810. The molecule has 1 rings (SSSR count). The SMILES string of the molecule is Nc1cc(NCCCCCCO)sn1. The molecule has 14 heavy (non-hydrogen) atoms. The van der Waals surface area contributed by atoms with Crippen molar-refractivity contribution >= 4 is 22.4 Å². The van der Waals surface area contributed by atoms with E-state index in [-0.39, 0.29) is 0 Å². The van der Waals surface area contributed by atoms with E-state index in [0.29, 0.717) is 12.4 Å². The van der Waals surface area contributed by atoms with Crippen molar-refractivity contribution in [2.24, 2.45) is 0 Å². The Bertz CT molecular complexity index is 252. The summed E-state index contributed by atoms with van der Waals surface area (Å²) in [7, 11) is 0. The van der Waals surface area contributed by atoms with Crippen molar-refractivity contribution in [3.63, 3.8) is 0 Å². The highest BCUT2D eigenvalue weighted by Gasteiger charge is 1.96. The number of aliphatic hydroxyl groups excluding tert-OH is 1. The van der Waals surface area contributed by atoms with E-state index in [4.69, 9.17) is 10.8 Å². The van der Waals surface area contributed by atoms with Crippen LogP contribution in [-0.4, -0.2) is 22.6 Å². The first-order chi connectivity index (χ1) is 6.83. The Morgan fingerprint density at radius 2 is 2.14 bits per heavy atom. The molecule has 0 atom stereocenters. The van der Waals surface area contributed by atoms with Gasteiger partial charge in [-0.2, -0.15) is 4.37 Å². The predicted molar refractivity (Wildman–Crippen MR) is 60.6 cm³/mol. The second kappa shape index (κ2) is 6.62. The second-order valence-electron chi connectivity index (χ2n) is 3.18. The number of nitrogen functional groups attached to an aromatic ring is 1. The largest absolute Gasteiger partial charge is 0.396 e. The standard InChI is InChI=1S/C9H17N3OS/c10-8-7-9(14-12-8)11-5-3-1-2-4-6-13/h7,11,13H,1-6H2,(H2,10,12). The Labute approximate surface area is 88.3 Å². The second-order valence-corrected chi connectivity index (χ2v) is 3.99. The molecule has 0 bridgehead atoms. The molecule has 0 unspecified atom stereocenters. The third-order valence-electron chi connectivity index (χ3n) is 1.91. The molecule has 0 spiro atoms. The average molecular weight is 215 g/mol. The van der Waals surface area contributed by atoms with Gasteiger partial charge >= 0.3 is 0 Å². The average Bonchev–Trinajstić information content (AvgIpc) is 2.58. The van der Waals surface area contributed by atoms with Gasteiger partial charge in [-0.3, -0.25) is 0 Å². The zero-order valence-corrected chi connectivity index (χ0v) is 9.02. The normalized spacial score (nSPS) is 10.4. The summed E-state index contributed by atoms with van der Waals surface area (Å²) in [6.45, 7) is 1.26. The minimum absolute atomic E-state index is 0.304. The first-order valence-corrected chi connectivity index (χ1v) is 5.67. The van der Waals surface area contributed by atoms with Crippen molar-refractivity contribution in [1.82, 2.24) is 4.37 Å². The summed E-state index contributed by atoms with van der Waals surface area (Å²) in [5.41, 5.74) is 5.48. The van der Waals surface area contributed by atoms with E-state index >= 15 is 0 Å². The topological polar surface area (TPSA) is 71.2 Å². The number of unbranched alkanes of at least 4 members (excludes halogenated alkanes) is 3. The van der Waals surface area contributed by atoms with Gasteiger partial charge in [0.15, 0.2) is 0 Å². The predicted octanol–water partition coefficient (Wildman–Crippen LogP) is 1.69. The van der Waals surface area contributed by atoms with Gasteiger partial charge in [0.05, 0.1) is 0 Å². The summed E-state index contributed by atoms with van der Waals surface area (Å²) < 4.78 is 3.97. The minimum Gasteiger partial charge on any atom is -0.396 e. The van der Waals surface area contributed by atoms with Crippen LogP contribution in [0.3, 0.4) is 0 Å². The number of nitrogens with one attached hydrogen (secondary N) is 1. The Kier molecular flexibility index (Phi) is 5.32. The molecule has 0 fully saturated rings. The van der Waals surface area contributed by atoms with Gasteiger partial charge in [0.2, 0.25) is 0 Å². The highest BCUT2D eigenvalue weighted by Crippen LogP contribution is 2.17. The maximum atomic E-state index is 8.57. The van der Waals surface area contributed by atoms with Gasteiger partial charge in [-0.1, -0.05) is 12.8 Å². The molecule has 0 saturated carbocycles. The number of aliphatic hydroxyl groups is 1. The van der Waals surface area contributed by atoms with Crippen molar-refractivity contribution in [2.45, 2.75) is 25.7 Å². The molecule has 80 valence electrons. The monoisotopic (exact) mass is 215 g/mol. The number of nitrogens with zero attached hydrogens (tertiary/aromatic N) is 1. The van der Waals surface area contributed by atoms with Crippen LogP contribution in [0.4, 0.5) is 10.8 Å². The van der Waals surface area contributed by atoms with E-state index in [1.807, 2.05) is 6.07 Å². The van der Waals surface area contributed by atoms with Gasteiger partial charge < -0.3 is 16.2 Å². The summed E-state index contributed by atoms with van der Waals surface area (Å²) in [6.07, 6.45) is 4.29. The smallest absolute Gasteiger partial charge is 0.139 e. The lowest BCUT2D eigenvalue weighted by Gasteiger charge is -2.01. The molecule has 4 N–H and O–H groups in total. The lowest BCUT2D eigenvalue weighted by molar-refractivity contribution is 0.283. The van der Waals surface area contributed by atoms with Gasteiger partial charge in [0, 0.05) is 19.2 Å². The summed E-state index contributed by atoms with van der Waals surface area (Å²) in [5, 5.41) is 12.9. The fourth-order valence-corrected chi connectivity index (χ4v) is 1.77. The molecule has 0 amide bonds. The zero-order valence-electron chi connectivity index (χ0n) is 8.20. The van der Waals surface area contributed by atoms with Crippen molar-refractivity contribution in [3.8, 4) is 0 Å². The van der Waals surface area contributed by atoms with E-state index < -0.39 is 0 Å². The fourth-order valence-electron chi connectivity index (χ4n) is 1.17. The molecule has 0 radical (unpaired) electrons. The van der Waals surface area contributed by atoms with Crippen LogP contribution >= 0.6 is 11.5 Å². The minimum atomic E-state index is 0.304. The maximum absolute atomic E-state index is 8.57. The highest BCUT2D eigenvalue weighted by molar-refractivity contribution is 7.10. The van der Waals surface area contributed by atoms with Gasteiger partial charge in [0.1, 0.15) is 10.8 Å². The molecular formula is C9H17N3OS. The first-order valence-electron chi connectivity index (χ1n) is 4.90. The Balaban J connectivity index is 1.99. The molecule has 0 aliphatic heterocycles. The Morgan fingerprint density at radius 3 is 2.79 bits per heavy atom. The van der Waals surface area contributed by atoms with Crippen LogP contribution < -0.4 is 11.1 Å². The fraction of sp³-hybridized carbons (Fsp3) is 0.667. The van der Waals surface area contributed by atoms with Gasteiger partial charge in [-0.25, -0.2) is 0 Å². The van der Waals surface area contributed by atoms with Crippen LogP contribution in [0.1, 0.15) is 25.7 Å². The number of aromatic nitrogens is 1. The van der Waals surface area contributed by atoms with Crippen LogP contribution in [-0.2, 0) is 0 Å². The molecule has 0 aliphatic carbocycles. The van der Waals surface area contributed by atoms with E-state index in [9.17, 15) is 0 Å².